The summed E-state index contributed by atoms with van der Waals surface area (Å²) in [5.74, 6) is -0.0679. The van der Waals surface area contributed by atoms with E-state index in [1.165, 1.54) is 6.07 Å². The molecule has 0 aliphatic heterocycles. The molecule has 30 heavy (non-hydrogen) atoms. The summed E-state index contributed by atoms with van der Waals surface area (Å²) in [7, 11) is -2.37. The number of nitrogens with two attached hydrogens (primary N) is 2. The van der Waals surface area contributed by atoms with Crippen LogP contribution in [0.5, 0.6) is 5.75 Å². The summed E-state index contributed by atoms with van der Waals surface area (Å²) in [5, 5.41) is 0. The Morgan fingerprint density at radius 3 is 2.37 bits per heavy atom. The highest BCUT2D eigenvalue weighted by Crippen LogP contribution is 2.30. The first-order chi connectivity index (χ1) is 13.7. The van der Waals surface area contributed by atoms with Crippen LogP contribution in [0.25, 0.3) is 0 Å². The molecule has 1 unspecified atom stereocenters. The van der Waals surface area contributed by atoms with E-state index in [0.29, 0.717) is 29.7 Å². The highest BCUT2D eigenvalue weighted by molar-refractivity contribution is 7.90. The molecule has 9 nitrogen and oxygen atoms in total. The Labute approximate surface area is 179 Å². The Morgan fingerprint density at radius 2 is 1.83 bits per heavy atom. The second-order valence-electron chi connectivity index (χ2n) is 8.13. The summed E-state index contributed by atoms with van der Waals surface area (Å²) in [6, 6.07) is 0.765. The summed E-state index contributed by atoms with van der Waals surface area (Å²) >= 11 is 0. The monoisotopic (exact) mass is 442 g/mol. The lowest BCUT2D eigenvalue weighted by Gasteiger charge is -2.22. The van der Waals surface area contributed by atoms with E-state index in [-0.39, 0.29) is 17.4 Å². The third-order valence-electron chi connectivity index (χ3n) is 4.38. The molecule has 0 amide bonds. The summed E-state index contributed by atoms with van der Waals surface area (Å²) in [5.41, 5.74) is 13.0. The number of carbonyl (C=O) groups excluding carboxylic acids is 1. The van der Waals surface area contributed by atoms with Gasteiger partial charge in [-0.2, -0.15) is 0 Å². The molecular formula is C20H34N4O5S. The molecule has 0 aliphatic rings. The van der Waals surface area contributed by atoms with Gasteiger partial charge in [-0.3, -0.25) is 9.79 Å². The summed E-state index contributed by atoms with van der Waals surface area (Å²) < 4.78 is 38.3. The van der Waals surface area contributed by atoms with Crippen LogP contribution >= 0.6 is 0 Å². The maximum Gasteiger partial charge on any atom is 0.323 e. The van der Waals surface area contributed by atoms with Crippen LogP contribution in [0.4, 0.5) is 0 Å². The van der Waals surface area contributed by atoms with Crippen molar-refractivity contribution in [2.24, 2.45) is 16.5 Å². The number of aliphatic imine (C=N–C) groups is 1. The number of benzene rings is 1. The Morgan fingerprint density at radius 1 is 1.23 bits per heavy atom. The highest BCUT2D eigenvalue weighted by atomic mass is 32.2. The van der Waals surface area contributed by atoms with E-state index in [9.17, 15) is 13.2 Å². The van der Waals surface area contributed by atoms with Crippen LogP contribution in [0.2, 0.25) is 0 Å². The van der Waals surface area contributed by atoms with Crippen molar-refractivity contribution in [1.29, 1.82) is 0 Å². The summed E-state index contributed by atoms with van der Waals surface area (Å²) in [4.78, 5) is 16.0. The number of ether oxygens (including phenoxy) is 2. The van der Waals surface area contributed by atoms with Gasteiger partial charge in [-0.05, 0) is 77.1 Å². The van der Waals surface area contributed by atoms with Crippen LogP contribution in [0.15, 0.2) is 16.0 Å². The molecule has 0 spiro atoms. The van der Waals surface area contributed by atoms with Crippen LogP contribution in [-0.2, 0) is 19.6 Å². The number of guanidine groups is 1. The van der Waals surface area contributed by atoms with Gasteiger partial charge in [0.1, 0.15) is 17.4 Å². The second-order valence-corrected chi connectivity index (χ2v) is 9.78. The van der Waals surface area contributed by atoms with Crippen molar-refractivity contribution in [3.63, 3.8) is 0 Å². The van der Waals surface area contributed by atoms with Gasteiger partial charge >= 0.3 is 5.97 Å². The lowest BCUT2D eigenvalue weighted by molar-refractivity contribution is -0.156. The molecule has 170 valence electrons. The van der Waals surface area contributed by atoms with Gasteiger partial charge in [0.2, 0.25) is 5.96 Å². The van der Waals surface area contributed by atoms with Crippen LogP contribution in [-0.4, -0.2) is 45.6 Å². The number of aryl methyl sites for hydroxylation is 1. The largest absolute Gasteiger partial charge is 0.496 e. The molecule has 0 saturated carbocycles. The normalized spacial score (nSPS) is 13.7. The van der Waals surface area contributed by atoms with Crippen molar-refractivity contribution >= 4 is 22.0 Å². The van der Waals surface area contributed by atoms with Crippen molar-refractivity contribution < 1.29 is 22.7 Å². The molecule has 5 N–H and O–H groups in total. The number of nitrogens with zero attached hydrogens (tertiary/aromatic N) is 1. The fourth-order valence-electron chi connectivity index (χ4n) is 2.85. The first-order valence-corrected chi connectivity index (χ1v) is 11.1. The summed E-state index contributed by atoms with van der Waals surface area (Å²) in [6.07, 6.45) is 0.789. The van der Waals surface area contributed by atoms with E-state index >= 15 is 0 Å². The zero-order valence-electron chi connectivity index (χ0n) is 18.8. The molecule has 1 rings (SSSR count). The number of hydrogen-bond acceptors (Lipinski definition) is 7. The molecule has 0 radical (unpaired) electrons. The molecule has 1 aromatic rings. The number of carbonyl (C=O) groups is 1. The minimum atomic E-state index is -3.91. The number of nitrogens with one attached hydrogen (secondary N) is 1. The highest BCUT2D eigenvalue weighted by Gasteiger charge is 2.23. The molecular weight excluding hydrogens is 408 g/mol. The Bertz CT molecular complexity index is 905. The Balaban J connectivity index is 2.75. The maximum atomic E-state index is 12.7. The van der Waals surface area contributed by atoms with Gasteiger partial charge in [0.15, 0.2) is 0 Å². The SMILES string of the molecule is COc1c(C)cc(S(=O)(=O)NC(N)=NCCCC(N)C(=O)OC(C)(C)C)c(C)c1C. The van der Waals surface area contributed by atoms with Crippen molar-refractivity contribution in [2.45, 2.75) is 70.9 Å². The van der Waals surface area contributed by atoms with E-state index in [4.69, 9.17) is 20.9 Å². The van der Waals surface area contributed by atoms with Gasteiger partial charge in [-0.1, -0.05) is 0 Å². The van der Waals surface area contributed by atoms with Gasteiger partial charge in [0, 0.05) is 6.54 Å². The zero-order chi connectivity index (χ0) is 23.3. The third kappa shape index (κ3) is 7.17. The van der Waals surface area contributed by atoms with Gasteiger partial charge in [0.05, 0.1) is 12.0 Å². The predicted octanol–water partition coefficient (Wildman–Crippen LogP) is 1.66. The quantitative estimate of drug-likeness (QED) is 0.240. The minimum absolute atomic E-state index is 0.114. The lowest BCUT2D eigenvalue weighted by Crippen LogP contribution is -2.38. The minimum Gasteiger partial charge on any atom is -0.496 e. The van der Waals surface area contributed by atoms with E-state index in [0.717, 1.165) is 5.56 Å². The van der Waals surface area contributed by atoms with Gasteiger partial charge in [-0.25, -0.2) is 13.1 Å². The molecule has 0 heterocycles. The van der Waals surface area contributed by atoms with Gasteiger partial charge < -0.3 is 20.9 Å². The Kier molecular flexibility index (Phi) is 8.67. The van der Waals surface area contributed by atoms with Crippen LogP contribution in [0.3, 0.4) is 0 Å². The zero-order valence-corrected chi connectivity index (χ0v) is 19.6. The van der Waals surface area contributed by atoms with E-state index < -0.39 is 27.6 Å². The maximum absolute atomic E-state index is 12.7. The molecule has 0 bridgehead atoms. The van der Waals surface area contributed by atoms with Gasteiger partial charge in [0.25, 0.3) is 10.0 Å². The molecule has 0 saturated heterocycles. The molecule has 0 aromatic heterocycles. The average Bonchev–Trinajstić information content (AvgIpc) is 2.60. The van der Waals surface area contributed by atoms with Crippen molar-refractivity contribution in [2.75, 3.05) is 13.7 Å². The number of esters is 1. The number of sulfonamides is 1. The topological polar surface area (TPSA) is 146 Å². The van der Waals surface area contributed by atoms with Crippen LogP contribution in [0, 0.1) is 20.8 Å². The molecule has 10 heteroatoms. The molecule has 0 fully saturated rings. The first-order valence-electron chi connectivity index (χ1n) is 9.65. The Hall–Kier alpha value is -2.33. The van der Waals surface area contributed by atoms with Crippen molar-refractivity contribution in [3.05, 3.63) is 22.8 Å². The predicted molar refractivity (Wildman–Crippen MR) is 117 cm³/mol. The molecule has 1 aromatic carbocycles. The lowest BCUT2D eigenvalue weighted by atomic mass is 10.1. The number of methoxy groups -OCH3 is 1. The fraction of sp³-hybridized carbons (Fsp3) is 0.600. The van der Waals surface area contributed by atoms with Crippen LogP contribution < -0.4 is 20.9 Å². The van der Waals surface area contributed by atoms with Crippen molar-refractivity contribution in [3.8, 4) is 5.75 Å². The smallest absolute Gasteiger partial charge is 0.323 e. The first kappa shape index (κ1) is 25.7. The third-order valence-corrected chi connectivity index (χ3v) is 5.86. The van der Waals surface area contributed by atoms with E-state index in [1.54, 1.807) is 48.7 Å². The number of rotatable bonds is 8. The standard InChI is InChI=1S/C20H34N4O5S/c1-12-11-16(13(2)14(3)17(12)28-7)30(26,27)24-19(22)23-10-8-9-15(21)18(25)29-20(4,5)6/h11,15H,8-10,21H2,1-7H3,(H3,22,23,24). The van der Waals surface area contributed by atoms with Gasteiger partial charge in [-0.15, -0.1) is 0 Å². The van der Waals surface area contributed by atoms with E-state index in [2.05, 4.69) is 9.71 Å². The van der Waals surface area contributed by atoms with Crippen LogP contribution in [0.1, 0.15) is 50.3 Å². The number of hydrogen-bond donors (Lipinski definition) is 3. The average molecular weight is 443 g/mol. The van der Waals surface area contributed by atoms with Crippen molar-refractivity contribution in [1.82, 2.24) is 4.72 Å². The van der Waals surface area contributed by atoms with E-state index in [1.807, 2.05) is 0 Å². The fourth-order valence-corrected chi connectivity index (χ4v) is 4.18. The molecule has 0 aliphatic carbocycles. The summed E-state index contributed by atoms with van der Waals surface area (Å²) in [6.45, 7) is 10.8. The second kappa shape index (κ2) is 10.1. The molecule has 1 atom stereocenters.